The van der Waals surface area contributed by atoms with Crippen molar-refractivity contribution in [1.82, 2.24) is 5.32 Å². The van der Waals surface area contributed by atoms with Gasteiger partial charge < -0.3 is 29.6 Å². The van der Waals surface area contributed by atoms with Gasteiger partial charge in [0.25, 0.3) is 5.91 Å². The second-order valence-electron chi connectivity index (χ2n) is 6.20. The molecular formula is C22H24ClN3O5. The molecule has 0 spiro atoms. The topological polar surface area (TPSA) is 102 Å². The van der Waals surface area contributed by atoms with Gasteiger partial charge in [-0.2, -0.15) is 5.26 Å². The van der Waals surface area contributed by atoms with Crippen molar-refractivity contribution in [3.63, 3.8) is 0 Å². The molecular weight excluding hydrogens is 422 g/mol. The largest absolute Gasteiger partial charge is 0.495 e. The number of hydrogen-bond donors (Lipinski definition) is 2. The van der Waals surface area contributed by atoms with Crippen molar-refractivity contribution in [2.24, 2.45) is 0 Å². The van der Waals surface area contributed by atoms with E-state index in [0.717, 1.165) is 5.56 Å². The zero-order valence-electron chi connectivity index (χ0n) is 17.7. The monoisotopic (exact) mass is 445 g/mol. The van der Waals surface area contributed by atoms with E-state index in [0.29, 0.717) is 46.7 Å². The van der Waals surface area contributed by atoms with Crippen LogP contribution in [0, 0.1) is 11.3 Å². The van der Waals surface area contributed by atoms with E-state index in [1.165, 1.54) is 20.4 Å². The van der Waals surface area contributed by atoms with Gasteiger partial charge in [0, 0.05) is 24.9 Å². The van der Waals surface area contributed by atoms with Crippen LogP contribution in [0.3, 0.4) is 0 Å². The fourth-order valence-corrected chi connectivity index (χ4v) is 2.95. The highest BCUT2D eigenvalue weighted by Crippen LogP contribution is 2.36. The Morgan fingerprint density at radius 2 is 1.68 bits per heavy atom. The quantitative estimate of drug-likeness (QED) is 0.426. The van der Waals surface area contributed by atoms with E-state index in [2.05, 4.69) is 10.6 Å². The predicted octanol–water partition coefficient (Wildman–Crippen LogP) is 3.55. The number of anilines is 1. The Bertz CT molecular complexity index is 1000. The van der Waals surface area contributed by atoms with E-state index in [9.17, 15) is 10.1 Å². The highest BCUT2D eigenvalue weighted by atomic mass is 35.5. The van der Waals surface area contributed by atoms with E-state index in [-0.39, 0.29) is 5.57 Å². The average Bonchev–Trinajstić information content (AvgIpc) is 2.79. The van der Waals surface area contributed by atoms with Gasteiger partial charge in [-0.15, -0.1) is 0 Å². The van der Waals surface area contributed by atoms with Crippen LogP contribution >= 0.6 is 11.6 Å². The lowest BCUT2D eigenvalue weighted by Crippen LogP contribution is -2.27. The molecule has 8 nitrogen and oxygen atoms in total. The van der Waals surface area contributed by atoms with Crippen LogP contribution in [0.2, 0.25) is 5.02 Å². The molecule has 2 rings (SSSR count). The summed E-state index contributed by atoms with van der Waals surface area (Å²) in [6.07, 6.45) is 1.86. The third-order valence-corrected chi connectivity index (χ3v) is 4.65. The summed E-state index contributed by atoms with van der Waals surface area (Å²) in [6, 6.07) is 10.6. The maximum atomic E-state index is 12.4. The minimum atomic E-state index is -0.504. The van der Waals surface area contributed by atoms with Crippen LogP contribution in [0.25, 0.3) is 0 Å². The summed E-state index contributed by atoms with van der Waals surface area (Å²) in [6.45, 7) is 0.339. The SMILES string of the molecule is COc1cc(N/C=C(/C#N)C(=O)NCCc2ccc(OC)c(OC)c2)c(OC)cc1Cl. The van der Waals surface area contributed by atoms with Crippen molar-refractivity contribution in [3.8, 4) is 29.1 Å². The summed E-state index contributed by atoms with van der Waals surface area (Å²) < 4.78 is 20.9. The van der Waals surface area contributed by atoms with Gasteiger partial charge in [0.15, 0.2) is 11.5 Å². The Hall–Kier alpha value is -3.57. The smallest absolute Gasteiger partial charge is 0.263 e. The number of carbonyl (C=O) groups is 1. The van der Waals surface area contributed by atoms with Gasteiger partial charge in [0.05, 0.1) is 39.1 Å². The molecule has 0 fully saturated rings. The van der Waals surface area contributed by atoms with Crippen LogP contribution in [-0.2, 0) is 11.2 Å². The van der Waals surface area contributed by atoms with Gasteiger partial charge in [0.1, 0.15) is 23.1 Å². The number of amides is 1. The van der Waals surface area contributed by atoms with Gasteiger partial charge >= 0.3 is 0 Å². The number of hydrogen-bond acceptors (Lipinski definition) is 7. The van der Waals surface area contributed by atoms with Crippen LogP contribution in [0.1, 0.15) is 5.56 Å². The third kappa shape index (κ3) is 6.20. The number of benzene rings is 2. The Kier molecular flexibility index (Phi) is 8.85. The number of ether oxygens (including phenoxy) is 4. The minimum Gasteiger partial charge on any atom is -0.495 e. The van der Waals surface area contributed by atoms with Crippen LogP contribution in [0.5, 0.6) is 23.0 Å². The van der Waals surface area contributed by atoms with E-state index in [1.807, 2.05) is 18.2 Å². The van der Waals surface area contributed by atoms with Crippen LogP contribution in [0.4, 0.5) is 5.69 Å². The first-order valence-corrected chi connectivity index (χ1v) is 9.62. The lowest BCUT2D eigenvalue weighted by atomic mass is 10.1. The standard InChI is InChI=1S/C22H24ClN3O5/c1-28-18-6-5-14(9-21(18)31-4)7-8-25-22(27)15(12-24)13-26-17-11-19(29-2)16(23)10-20(17)30-3/h5-6,9-11,13,26H,7-8H2,1-4H3,(H,25,27)/b15-13-. The zero-order chi connectivity index (χ0) is 22.8. The lowest BCUT2D eigenvalue weighted by Gasteiger charge is -2.12. The molecule has 164 valence electrons. The summed E-state index contributed by atoms with van der Waals surface area (Å²) in [4.78, 5) is 12.4. The molecule has 0 aliphatic heterocycles. The Morgan fingerprint density at radius 3 is 2.29 bits per heavy atom. The Labute approximate surface area is 186 Å². The lowest BCUT2D eigenvalue weighted by molar-refractivity contribution is -0.117. The van der Waals surface area contributed by atoms with E-state index in [4.69, 9.17) is 30.5 Å². The minimum absolute atomic E-state index is 0.0942. The van der Waals surface area contributed by atoms with E-state index >= 15 is 0 Å². The van der Waals surface area contributed by atoms with Crippen molar-refractivity contribution in [1.29, 1.82) is 5.26 Å². The number of rotatable bonds is 10. The van der Waals surface area contributed by atoms with Crippen molar-refractivity contribution in [2.45, 2.75) is 6.42 Å². The first-order chi connectivity index (χ1) is 15.0. The molecule has 0 atom stereocenters. The Morgan fingerprint density at radius 1 is 1.00 bits per heavy atom. The molecule has 31 heavy (non-hydrogen) atoms. The maximum absolute atomic E-state index is 12.4. The molecule has 0 heterocycles. The third-order valence-electron chi connectivity index (χ3n) is 4.36. The van der Waals surface area contributed by atoms with Gasteiger partial charge in [-0.1, -0.05) is 17.7 Å². The van der Waals surface area contributed by atoms with E-state index < -0.39 is 5.91 Å². The molecule has 1 amide bonds. The highest BCUT2D eigenvalue weighted by molar-refractivity contribution is 6.32. The summed E-state index contributed by atoms with van der Waals surface area (Å²) in [5.41, 5.74) is 1.36. The normalized spacial score (nSPS) is 10.6. The number of methoxy groups -OCH3 is 4. The van der Waals surface area contributed by atoms with Crippen molar-refractivity contribution >= 4 is 23.2 Å². The molecule has 0 radical (unpaired) electrons. The maximum Gasteiger partial charge on any atom is 0.263 e. The van der Waals surface area contributed by atoms with Crippen LogP contribution in [-0.4, -0.2) is 40.9 Å². The molecule has 0 bridgehead atoms. The number of nitrogens with zero attached hydrogens (tertiary/aromatic N) is 1. The van der Waals surface area contributed by atoms with Crippen molar-refractivity contribution < 1.29 is 23.7 Å². The number of nitrogens with one attached hydrogen (secondary N) is 2. The highest BCUT2D eigenvalue weighted by Gasteiger charge is 2.12. The second kappa shape index (κ2) is 11.6. The number of carbonyl (C=O) groups excluding carboxylic acids is 1. The van der Waals surface area contributed by atoms with E-state index in [1.54, 1.807) is 32.4 Å². The first kappa shape index (κ1) is 23.7. The average molecular weight is 446 g/mol. The number of halogens is 1. The van der Waals surface area contributed by atoms with Crippen LogP contribution < -0.4 is 29.6 Å². The van der Waals surface area contributed by atoms with Gasteiger partial charge in [-0.3, -0.25) is 4.79 Å². The zero-order valence-corrected chi connectivity index (χ0v) is 18.5. The molecule has 2 aromatic rings. The van der Waals surface area contributed by atoms with Gasteiger partial charge in [-0.05, 0) is 24.1 Å². The molecule has 2 N–H and O–H groups in total. The fourth-order valence-electron chi connectivity index (χ4n) is 2.72. The summed E-state index contributed by atoms with van der Waals surface area (Å²) in [5, 5.41) is 15.4. The molecule has 0 aliphatic carbocycles. The fraction of sp³-hybridized carbons (Fsp3) is 0.273. The molecule has 0 aromatic heterocycles. The number of nitriles is 1. The molecule has 0 saturated heterocycles. The molecule has 0 aliphatic rings. The van der Waals surface area contributed by atoms with Gasteiger partial charge in [-0.25, -0.2) is 0 Å². The van der Waals surface area contributed by atoms with Gasteiger partial charge in [0.2, 0.25) is 0 Å². The molecule has 9 heteroatoms. The molecule has 0 unspecified atom stereocenters. The Balaban J connectivity index is 2.02. The summed E-state index contributed by atoms with van der Waals surface area (Å²) >= 11 is 6.08. The van der Waals surface area contributed by atoms with Crippen molar-refractivity contribution in [3.05, 3.63) is 52.7 Å². The van der Waals surface area contributed by atoms with Crippen LogP contribution in [0.15, 0.2) is 42.1 Å². The molecule has 2 aromatic carbocycles. The predicted molar refractivity (Wildman–Crippen MR) is 118 cm³/mol. The summed E-state index contributed by atoms with van der Waals surface area (Å²) in [7, 11) is 6.10. The first-order valence-electron chi connectivity index (χ1n) is 9.24. The second-order valence-corrected chi connectivity index (χ2v) is 6.60. The summed E-state index contributed by atoms with van der Waals surface area (Å²) in [5.74, 6) is 1.60. The van der Waals surface area contributed by atoms with Crippen molar-refractivity contribution in [2.75, 3.05) is 40.3 Å². The molecule has 0 saturated carbocycles.